The van der Waals surface area contributed by atoms with Gasteiger partial charge in [0.15, 0.2) is 0 Å². The highest BCUT2D eigenvalue weighted by atomic mass is 16.5. The molecule has 4 heteroatoms. The summed E-state index contributed by atoms with van der Waals surface area (Å²) < 4.78 is 5.70. The van der Waals surface area contributed by atoms with E-state index in [1.54, 1.807) is 0 Å². The molecule has 1 fully saturated rings. The molecule has 106 valence electrons. The van der Waals surface area contributed by atoms with Gasteiger partial charge in [0, 0.05) is 49.2 Å². The Morgan fingerprint density at radius 3 is 2.79 bits per heavy atom. The molecule has 2 rings (SSSR count). The zero-order valence-electron chi connectivity index (χ0n) is 12.2. The van der Waals surface area contributed by atoms with E-state index < -0.39 is 0 Å². The number of nitrogen functional groups attached to an aromatic ring is 1. The summed E-state index contributed by atoms with van der Waals surface area (Å²) in [6.07, 6.45) is 1.01. The summed E-state index contributed by atoms with van der Waals surface area (Å²) >= 11 is 0. The molecule has 1 heterocycles. The van der Waals surface area contributed by atoms with Gasteiger partial charge in [-0.3, -0.25) is 0 Å². The standard InChI is InChI=1S/C15H25N3O/c1-4-7-19-15-9-13(16)8-14(10-15)18-6-5-17(3)12(2)11-18/h8-10,12H,4-7,11,16H2,1-3H3. The van der Waals surface area contributed by atoms with Gasteiger partial charge in [0.05, 0.1) is 6.61 Å². The van der Waals surface area contributed by atoms with Gasteiger partial charge in [-0.2, -0.15) is 0 Å². The molecule has 4 nitrogen and oxygen atoms in total. The average Bonchev–Trinajstić information content (AvgIpc) is 2.39. The van der Waals surface area contributed by atoms with Gasteiger partial charge >= 0.3 is 0 Å². The largest absolute Gasteiger partial charge is 0.493 e. The topological polar surface area (TPSA) is 41.7 Å². The summed E-state index contributed by atoms with van der Waals surface area (Å²) in [6, 6.07) is 6.61. The lowest BCUT2D eigenvalue weighted by Crippen LogP contribution is -2.50. The van der Waals surface area contributed by atoms with E-state index in [4.69, 9.17) is 10.5 Å². The third-order valence-electron chi connectivity index (χ3n) is 3.71. The van der Waals surface area contributed by atoms with Crippen molar-refractivity contribution in [3.05, 3.63) is 18.2 Å². The van der Waals surface area contributed by atoms with Crippen LogP contribution < -0.4 is 15.4 Å². The first-order chi connectivity index (χ1) is 9.10. The first kappa shape index (κ1) is 14.0. The van der Waals surface area contributed by atoms with Crippen LogP contribution in [-0.4, -0.2) is 44.2 Å². The maximum Gasteiger partial charge on any atom is 0.123 e. The third kappa shape index (κ3) is 3.53. The van der Waals surface area contributed by atoms with Crippen molar-refractivity contribution in [2.45, 2.75) is 26.3 Å². The van der Waals surface area contributed by atoms with Gasteiger partial charge in [0.25, 0.3) is 0 Å². The second kappa shape index (κ2) is 6.15. The highest BCUT2D eigenvalue weighted by molar-refractivity contribution is 5.60. The number of likely N-dealkylation sites (N-methyl/N-ethyl adjacent to an activating group) is 1. The molecular weight excluding hydrogens is 238 g/mol. The molecule has 0 aliphatic carbocycles. The number of nitrogens with two attached hydrogens (primary N) is 1. The van der Waals surface area contributed by atoms with Gasteiger partial charge in [-0.1, -0.05) is 6.92 Å². The number of hydrogen-bond donors (Lipinski definition) is 1. The maximum atomic E-state index is 5.98. The molecule has 1 unspecified atom stereocenters. The van der Waals surface area contributed by atoms with Crippen molar-refractivity contribution in [3.8, 4) is 5.75 Å². The first-order valence-electron chi connectivity index (χ1n) is 7.08. The van der Waals surface area contributed by atoms with Crippen molar-refractivity contribution in [2.75, 3.05) is 43.9 Å². The van der Waals surface area contributed by atoms with Crippen LogP contribution in [0.3, 0.4) is 0 Å². The van der Waals surface area contributed by atoms with E-state index in [1.165, 1.54) is 5.69 Å². The Balaban J connectivity index is 2.13. The SMILES string of the molecule is CCCOc1cc(N)cc(N2CCN(C)C(C)C2)c1. The van der Waals surface area contributed by atoms with Gasteiger partial charge in [-0.15, -0.1) is 0 Å². The zero-order valence-corrected chi connectivity index (χ0v) is 12.2. The van der Waals surface area contributed by atoms with Crippen LogP contribution in [-0.2, 0) is 0 Å². The summed E-state index contributed by atoms with van der Waals surface area (Å²) in [5, 5.41) is 0. The zero-order chi connectivity index (χ0) is 13.8. The monoisotopic (exact) mass is 263 g/mol. The van der Waals surface area contributed by atoms with Crippen LogP contribution in [0.4, 0.5) is 11.4 Å². The van der Waals surface area contributed by atoms with Gasteiger partial charge in [0.2, 0.25) is 0 Å². The van der Waals surface area contributed by atoms with Crippen LogP contribution in [0.1, 0.15) is 20.3 Å². The normalized spacial score (nSPS) is 20.6. The van der Waals surface area contributed by atoms with Crippen LogP contribution in [0.2, 0.25) is 0 Å². The van der Waals surface area contributed by atoms with Crippen LogP contribution in [0, 0.1) is 0 Å². The van der Waals surface area contributed by atoms with Crippen molar-refractivity contribution >= 4 is 11.4 Å². The first-order valence-corrected chi connectivity index (χ1v) is 7.08. The lowest BCUT2D eigenvalue weighted by Gasteiger charge is -2.39. The van der Waals surface area contributed by atoms with Crippen LogP contribution in [0.5, 0.6) is 5.75 Å². The molecule has 0 spiro atoms. The fourth-order valence-corrected chi connectivity index (χ4v) is 2.37. The molecule has 0 saturated carbocycles. The Kier molecular flexibility index (Phi) is 4.53. The molecule has 1 aromatic rings. The predicted octanol–water partition coefficient (Wildman–Crippen LogP) is 2.20. The minimum Gasteiger partial charge on any atom is -0.493 e. The highest BCUT2D eigenvalue weighted by Crippen LogP contribution is 2.27. The molecule has 1 aliphatic heterocycles. The van der Waals surface area contributed by atoms with Crippen molar-refractivity contribution in [3.63, 3.8) is 0 Å². The van der Waals surface area contributed by atoms with E-state index in [1.807, 2.05) is 12.1 Å². The maximum absolute atomic E-state index is 5.98. The van der Waals surface area contributed by atoms with Crippen LogP contribution in [0.25, 0.3) is 0 Å². The van der Waals surface area contributed by atoms with E-state index in [2.05, 4.69) is 36.8 Å². The minimum atomic E-state index is 0.565. The molecule has 19 heavy (non-hydrogen) atoms. The lowest BCUT2D eigenvalue weighted by atomic mass is 10.1. The van der Waals surface area contributed by atoms with E-state index in [0.717, 1.165) is 44.1 Å². The van der Waals surface area contributed by atoms with Crippen LogP contribution >= 0.6 is 0 Å². The van der Waals surface area contributed by atoms with Gasteiger partial charge < -0.3 is 20.3 Å². The molecule has 0 aromatic heterocycles. The second-order valence-electron chi connectivity index (χ2n) is 5.38. The Morgan fingerprint density at radius 1 is 1.32 bits per heavy atom. The summed E-state index contributed by atoms with van der Waals surface area (Å²) in [5.74, 6) is 0.878. The molecule has 1 aromatic carbocycles. The Morgan fingerprint density at radius 2 is 2.11 bits per heavy atom. The molecule has 1 saturated heterocycles. The number of anilines is 2. The van der Waals surface area contributed by atoms with E-state index in [9.17, 15) is 0 Å². The van der Waals surface area contributed by atoms with Crippen molar-refractivity contribution in [1.82, 2.24) is 4.90 Å². The number of ether oxygens (including phenoxy) is 1. The summed E-state index contributed by atoms with van der Waals surface area (Å²) in [5.41, 5.74) is 7.93. The van der Waals surface area contributed by atoms with E-state index >= 15 is 0 Å². The number of hydrogen-bond acceptors (Lipinski definition) is 4. The fraction of sp³-hybridized carbons (Fsp3) is 0.600. The summed E-state index contributed by atoms with van der Waals surface area (Å²) in [7, 11) is 2.18. The van der Waals surface area contributed by atoms with Crippen molar-refractivity contribution < 1.29 is 4.74 Å². The number of piperazine rings is 1. The Hall–Kier alpha value is -1.42. The average molecular weight is 263 g/mol. The molecule has 2 N–H and O–H groups in total. The fourth-order valence-electron chi connectivity index (χ4n) is 2.37. The molecule has 0 amide bonds. The summed E-state index contributed by atoms with van der Waals surface area (Å²) in [4.78, 5) is 4.77. The Bertz CT molecular complexity index is 422. The second-order valence-corrected chi connectivity index (χ2v) is 5.38. The molecule has 0 radical (unpaired) electrons. The number of nitrogens with zero attached hydrogens (tertiary/aromatic N) is 2. The molecule has 1 aliphatic rings. The van der Waals surface area contributed by atoms with Gasteiger partial charge in [0.1, 0.15) is 5.75 Å². The molecule has 0 bridgehead atoms. The number of benzene rings is 1. The van der Waals surface area contributed by atoms with Gasteiger partial charge in [-0.05, 0) is 26.5 Å². The Labute approximate surface area is 116 Å². The lowest BCUT2D eigenvalue weighted by molar-refractivity contribution is 0.234. The van der Waals surface area contributed by atoms with Crippen molar-refractivity contribution in [2.24, 2.45) is 0 Å². The van der Waals surface area contributed by atoms with E-state index in [0.29, 0.717) is 6.04 Å². The van der Waals surface area contributed by atoms with Crippen LogP contribution in [0.15, 0.2) is 18.2 Å². The minimum absolute atomic E-state index is 0.565. The third-order valence-corrected chi connectivity index (χ3v) is 3.71. The van der Waals surface area contributed by atoms with Gasteiger partial charge in [-0.25, -0.2) is 0 Å². The van der Waals surface area contributed by atoms with E-state index in [-0.39, 0.29) is 0 Å². The molecule has 1 atom stereocenters. The quantitative estimate of drug-likeness (QED) is 0.846. The highest BCUT2D eigenvalue weighted by Gasteiger charge is 2.21. The predicted molar refractivity (Wildman–Crippen MR) is 80.9 cm³/mol. The van der Waals surface area contributed by atoms with Crippen molar-refractivity contribution in [1.29, 1.82) is 0 Å². The number of rotatable bonds is 4. The smallest absolute Gasteiger partial charge is 0.123 e. The molecular formula is C15H25N3O. The summed E-state index contributed by atoms with van der Waals surface area (Å²) in [6.45, 7) is 8.26.